The van der Waals surface area contributed by atoms with E-state index >= 15 is 0 Å². The van der Waals surface area contributed by atoms with Gasteiger partial charge in [0, 0.05) is 36.7 Å². The number of carbonyl (C=O) groups excluding carboxylic acids is 2. The van der Waals surface area contributed by atoms with E-state index in [0.717, 1.165) is 11.1 Å². The van der Waals surface area contributed by atoms with Crippen LogP contribution in [0.15, 0.2) is 53.1 Å². The summed E-state index contributed by atoms with van der Waals surface area (Å²) in [6, 6.07) is 14.5. The van der Waals surface area contributed by atoms with Crippen molar-refractivity contribution in [3.8, 4) is 11.4 Å². The Balaban J connectivity index is 1.53. The molecule has 0 bridgehead atoms. The second-order valence-electron chi connectivity index (χ2n) is 6.08. The number of amides is 2. The maximum Gasteiger partial charge on any atom is 0.251 e. The van der Waals surface area contributed by atoms with Crippen LogP contribution in [0.3, 0.4) is 0 Å². The maximum atomic E-state index is 12.1. The third-order valence-corrected chi connectivity index (χ3v) is 4.00. The summed E-state index contributed by atoms with van der Waals surface area (Å²) in [6.45, 7) is 2.01. The van der Waals surface area contributed by atoms with Crippen molar-refractivity contribution in [2.45, 2.75) is 19.8 Å². The molecule has 0 saturated heterocycles. The van der Waals surface area contributed by atoms with Gasteiger partial charge in [0.1, 0.15) is 0 Å². The molecule has 0 aliphatic rings. The molecule has 3 aromatic rings. The van der Waals surface area contributed by atoms with Crippen LogP contribution in [0.2, 0.25) is 0 Å². The molecule has 0 radical (unpaired) electrons. The van der Waals surface area contributed by atoms with Gasteiger partial charge >= 0.3 is 0 Å². The first kappa shape index (κ1) is 18.3. The largest absolute Gasteiger partial charge is 0.355 e. The number of nitrogens with zero attached hydrogens (tertiary/aromatic N) is 2. The van der Waals surface area contributed by atoms with Crippen molar-refractivity contribution in [2.75, 3.05) is 12.4 Å². The fourth-order valence-corrected chi connectivity index (χ4v) is 2.47. The molecular weight excluding hydrogens is 344 g/mol. The van der Waals surface area contributed by atoms with Crippen LogP contribution in [0.1, 0.15) is 28.2 Å². The molecule has 0 aliphatic carbocycles. The summed E-state index contributed by atoms with van der Waals surface area (Å²) in [7, 11) is 1.57. The van der Waals surface area contributed by atoms with Gasteiger partial charge in [0.25, 0.3) is 5.91 Å². The molecule has 0 saturated carbocycles. The van der Waals surface area contributed by atoms with Crippen LogP contribution in [0.25, 0.3) is 11.4 Å². The predicted molar refractivity (Wildman–Crippen MR) is 101 cm³/mol. The summed E-state index contributed by atoms with van der Waals surface area (Å²) in [4.78, 5) is 27.9. The molecule has 27 heavy (non-hydrogen) atoms. The molecule has 3 rings (SSSR count). The molecule has 7 heteroatoms. The van der Waals surface area contributed by atoms with Gasteiger partial charge in [0.05, 0.1) is 0 Å². The molecular formula is C20H20N4O3. The second-order valence-corrected chi connectivity index (χ2v) is 6.08. The Bertz CT molecular complexity index is 931. The number of hydrogen-bond donors (Lipinski definition) is 2. The van der Waals surface area contributed by atoms with E-state index in [1.807, 2.05) is 31.2 Å². The van der Waals surface area contributed by atoms with Gasteiger partial charge in [0.2, 0.25) is 17.6 Å². The van der Waals surface area contributed by atoms with E-state index in [0.29, 0.717) is 29.4 Å². The van der Waals surface area contributed by atoms with E-state index in [9.17, 15) is 9.59 Å². The minimum absolute atomic E-state index is 0.169. The van der Waals surface area contributed by atoms with Gasteiger partial charge < -0.3 is 15.2 Å². The SMILES string of the molecule is CNC(=O)c1ccc(NC(=O)CCc2nc(-c3ccc(C)cc3)no2)cc1. The zero-order valence-electron chi connectivity index (χ0n) is 15.2. The lowest BCUT2D eigenvalue weighted by atomic mass is 10.1. The minimum atomic E-state index is -0.173. The van der Waals surface area contributed by atoms with Gasteiger partial charge in [-0.15, -0.1) is 0 Å². The number of anilines is 1. The molecule has 2 N–H and O–H groups in total. The Labute approximate surface area is 156 Å². The summed E-state index contributed by atoms with van der Waals surface area (Å²) in [6.07, 6.45) is 0.563. The highest BCUT2D eigenvalue weighted by Crippen LogP contribution is 2.17. The molecule has 1 aromatic heterocycles. The Morgan fingerprint density at radius 3 is 2.41 bits per heavy atom. The Morgan fingerprint density at radius 1 is 1.04 bits per heavy atom. The molecule has 2 aromatic carbocycles. The van der Waals surface area contributed by atoms with Crippen LogP contribution in [-0.4, -0.2) is 29.0 Å². The van der Waals surface area contributed by atoms with Crippen LogP contribution in [0, 0.1) is 6.92 Å². The molecule has 0 atom stereocenters. The molecule has 1 heterocycles. The first-order valence-electron chi connectivity index (χ1n) is 8.57. The molecule has 138 valence electrons. The average molecular weight is 364 g/mol. The number of benzene rings is 2. The summed E-state index contributed by atoms with van der Waals surface area (Å²) in [5.41, 5.74) is 3.18. The van der Waals surface area contributed by atoms with E-state index in [-0.39, 0.29) is 18.2 Å². The second kappa shape index (κ2) is 8.27. The number of rotatable bonds is 6. The third-order valence-electron chi connectivity index (χ3n) is 4.00. The average Bonchev–Trinajstić information content (AvgIpc) is 3.16. The van der Waals surface area contributed by atoms with Gasteiger partial charge in [-0.25, -0.2) is 0 Å². The summed E-state index contributed by atoms with van der Waals surface area (Å²) in [5.74, 6) is 0.581. The minimum Gasteiger partial charge on any atom is -0.355 e. The van der Waals surface area contributed by atoms with E-state index in [4.69, 9.17) is 4.52 Å². The number of carbonyl (C=O) groups is 2. The quantitative estimate of drug-likeness (QED) is 0.701. The van der Waals surface area contributed by atoms with Crippen molar-refractivity contribution in [2.24, 2.45) is 0 Å². The number of nitrogens with one attached hydrogen (secondary N) is 2. The number of hydrogen-bond acceptors (Lipinski definition) is 5. The molecule has 0 fully saturated rings. The van der Waals surface area contributed by atoms with Gasteiger partial charge in [-0.05, 0) is 31.2 Å². The van der Waals surface area contributed by atoms with Gasteiger partial charge in [0.15, 0.2) is 0 Å². The van der Waals surface area contributed by atoms with E-state index in [1.165, 1.54) is 0 Å². The lowest BCUT2D eigenvalue weighted by molar-refractivity contribution is -0.116. The van der Waals surface area contributed by atoms with Crippen molar-refractivity contribution in [3.63, 3.8) is 0 Å². The van der Waals surface area contributed by atoms with E-state index < -0.39 is 0 Å². The normalized spacial score (nSPS) is 10.4. The summed E-state index contributed by atoms with van der Waals surface area (Å²) < 4.78 is 5.22. The fraction of sp³-hybridized carbons (Fsp3) is 0.200. The number of aromatic nitrogens is 2. The van der Waals surface area contributed by atoms with Crippen molar-refractivity contribution in [3.05, 3.63) is 65.5 Å². The smallest absolute Gasteiger partial charge is 0.251 e. The van der Waals surface area contributed by atoms with E-state index in [2.05, 4.69) is 20.8 Å². The summed E-state index contributed by atoms with van der Waals surface area (Å²) >= 11 is 0. The van der Waals surface area contributed by atoms with Crippen LogP contribution >= 0.6 is 0 Å². The zero-order valence-corrected chi connectivity index (χ0v) is 15.2. The highest BCUT2D eigenvalue weighted by atomic mass is 16.5. The van der Waals surface area contributed by atoms with Gasteiger partial charge in [-0.3, -0.25) is 9.59 Å². The van der Waals surface area contributed by atoms with Gasteiger partial charge in [-0.2, -0.15) is 4.98 Å². The predicted octanol–water partition coefficient (Wildman–Crippen LogP) is 2.98. The maximum absolute atomic E-state index is 12.1. The van der Waals surface area contributed by atoms with Crippen molar-refractivity contribution < 1.29 is 14.1 Å². The zero-order chi connectivity index (χ0) is 19.2. The monoisotopic (exact) mass is 364 g/mol. The van der Waals surface area contributed by atoms with Crippen LogP contribution in [0.5, 0.6) is 0 Å². The number of aryl methyl sites for hydroxylation is 2. The molecule has 0 spiro atoms. The Hall–Kier alpha value is -3.48. The van der Waals surface area contributed by atoms with E-state index in [1.54, 1.807) is 31.3 Å². The van der Waals surface area contributed by atoms with Crippen LogP contribution in [0.4, 0.5) is 5.69 Å². The highest BCUT2D eigenvalue weighted by molar-refractivity contribution is 5.95. The third kappa shape index (κ3) is 4.78. The first-order chi connectivity index (χ1) is 13.0. The molecule has 0 aliphatic heterocycles. The molecule has 7 nitrogen and oxygen atoms in total. The molecule has 2 amide bonds. The molecule has 0 unspecified atom stereocenters. The Kier molecular flexibility index (Phi) is 5.61. The Morgan fingerprint density at radius 2 is 1.74 bits per heavy atom. The van der Waals surface area contributed by atoms with Crippen molar-refractivity contribution in [1.29, 1.82) is 0 Å². The summed E-state index contributed by atoms with van der Waals surface area (Å²) in [5, 5.41) is 9.28. The topological polar surface area (TPSA) is 97.1 Å². The van der Waals surface area contributed by atoms with Crippen molar-refractivity contribution in [1.82, 2.24) is 15.5 Å². The lowest BCUT2D eigenvalue weighted by Crippen LogP contribution is -2.18. The van der Waals surface area contributed by atoms with Crippen LogP contribution in [-0.2, 0) is 11.2 Å². The first-order valence-corrected chi connectivity index (χ1v) is 8.57. The fourth-order valence-electron chi connectivity index (χ4n) is 2.47. The lowest BCUT2D eigenvalue weighted by Gasteiger charge is -2.05. The van der Waals surface area contributed by atoms with Crippen LogP contribution < -0.4 is 10.6 Å². The van der Waals surface area contributed by atoms with Crippen molar-refractivity contribution >= 4 is 17.5 Å². The van der Waals surface area contributed by atoms with Gasteiger partial charge in [-0.1, -0.05) is 35.0 Å². The standard InChI is InChI=1S/C20H20N4O3/c1-13-3-5-14(6-4-13)19-23-18(27-24-19)12-11-17(25)22-16-9-7-15(8-10-16)20(26)21-2/h3-10H,11-12H2,1-2H3,(H,21,26)(H,22,25). The highest BCUT2D eigenvalue weighted by Gasteiger charge is 2.11.